The van der Waals surface area contributed by atoms with Crippen LogP contribution in [0.15, 0.2) is 31.0 Å². The molecule has 1 N–H and O–H groups in total. The normalized spacial score (nSPS) is 10.5. The van der Waals surface area contributed by atoms with E-state index in [1.54, 1.807) is 18.7 Å². The first kappa shape index (κ1) is 15.1. The fourth-order valence-electron chi connectivity index (χ4n) is 1.87. The van der Waals surface area contributed by atoms with Crippen molar-refractivity contribution in [1.29, 1.82) is 0 Å². The van der Waals surface area contributed by atoms with Gasteiger partial charge in [0.2, 0.25) is 11.0 Å². The minimum Gasteiger partial charge on any atom is -0.464 e. The fourth-order valence-corrected chi connectivity index (χ4v) is 2.51. The van der Waals surface area contributed by atoms with E-state index in [4.69, 9.17) is 4.74 Å². The highest BCUT2D eigenvalue weighted by atomic mass is 32.1. The van der Waals surface area contributed by atoms with Crippen LogP contribution >= 0.6 is 11.3 Å². The maximum Gasteiger partial charge on any atom is 0.296 e. The van der Waals surface area contributed by atoms with E-state index in [1.165, 1.54) is 18.3 Å². The molecule has 0 aliphatic heterocycles. The largest absolute Gasteiger partial charge is 0.464 e. The smallest absolute Gasteiger partial charge is 0.296 e. The highest BCUT2D eigenvalue weighted by molar-refractivity contribution is 7.17. The van der Waals surface area contributed by atoms with Gasteiger partial charge in [-0.15, -0.1) is 5.10 Å². The van der Waals surface area contributed by atoms with Crippen molar-refractivity contribution in [3.63, 3.8) is 0 Å². The van der Waals surface area contributed by atoms with Gasteiger partial charge < -0.3 is 10.1 Å². The van der Waals surface area contributed by atoms with Crippen LogP contribution in [0.4, 0.5) is 5.13 Å². The second kappa shape index (κ2) is 6.53. The zero-order valence-electron chi connectivity index (χ0n) is 12.6. The third-order valence-corrected chi connectivity index (χ3v) is 3.77. The Labute approximate surface area is 136 Å². The number of hydrogen-bond donors (Lipinski definition) is 1. The van der Waals surface area contributed by atoms with E-state index in [0.717, 1.165) is 16.9 Å². The molecule has 0 saturated carbocycles. The van der Waals surface area contributed by atoms with Crippen LogP contribution in [0, 0.1) is 6.92 Å². The van der Waals surface area contributed by atoms with Crippen LogP contribution in [-0.4, -0.2) is 30.6 Å². The van der Waals surface area contributed by atoms with Crippen molar-refractivity contribution in [2.45, 2.75) is 20.5 Å². The van der Waals surface area contributed by atoms with Gasteiger partial charge in [0.15, 0.2) is 0 Å². The number of pyridine rings is 1. The first-order valence-electron chi connectivity index (χ1n) is 6.79. The quantitative estimate of drug-likeness (QED) is 0.768. The average Bonchev–Trinajstić information content (AvgIpc) is 3.17. The summed E-state index contributed by atoms with van der Waals surface area (Å²) in [4.78, 5) is 19.3. The molecule has 0 aliphatic carbocycles. The topological polar surface area (TPSA) is 94.8 Å². The van der Waals surface area contributed by atoms with Gasteiger partial charge in [-0.25, -0.2) is 9.97 Å². The van der Waals surface area contributed by atoms with Gasteiger partial charge in [0.1, 0.15) is 18.8 Å². The Bertz CT molecular complexity index is 815. The SMILES string of the molecule is CC(=O)Nc1nnc(OCc2cnc(-n3ccnc3)cc2C)s1. The fraction of sp³-hybridized carbons (Fsp3) is 0.214. The summed E-state index contributed by atoms with van der Waals surface area (Å²) in [6.45, 7) is 3.74. The summed E-state index contributed by atoms with van der Waals surface area (Å²) < 4.78 is 7.44. The number of carbonyl (C=O) groups excluding carboxylic acids is 1. The number of carbonyl (C=O) groups is 1. The molecule has 0 atom stereocenters. The minimum absolute atomic E-state index is 0.192. The van der Waals surface area contributed by atoms with E-state index in [2.05, 4.69) is 25.5 Å². The maximum atomic E-state index is 10.9. The highest BCUT2D eigenvalue weighted by Gasteiger charge is 2.08. The predicted octanol–water partition coefficient (Wildman–Crippen LogP) is 1.96. The van der Waals surface area contributed by atoms with E-state index in [9.17, 15) is 4.79 Å². The standard InChI is InChI=1S/C14H14N6O2S/c1-9-5-12(20-4-3-15-8-20)16-6-11(9)7-22-14-19-18-13(23-14)17-10(2)21/h3-6,8H,7H2,1-2H3,(H,17,18,21). The number of ether oxygens (including phenoxy) is 1. The molecule has 3 aromatic heterocycles. The number of aryl methyl sites for hydroxylation is 1. The van der Waals surface area contributed by atoms with Crippen molar-refractivity contribution >= 4 is 22.4 Å². The number of imidazole rings is 1. The number of rotatable bonds is 5. The van der Waals surface area contributed by atoms with Crippen molar-refractivity contribution in [3.8, 4) is 11.0 Å². The van der Waals surface area contributed by atoms with Gasteiger partial charge in [0.25, 0.3) is 5.19 Å². The molecule has 0 radical (unpaired) electrons. The van der Waals surface area contributed by atoms with Crippen molar-refractivity contribution in [1.82, 2.24) is 24.7 Å². The summed E-state index contributed by atoms with van der Waals surface area (Å²) in [7, 11) is 0. The number of hydrogen-bond acceptors (Lipinski definition) is 7. The molecular weight excluding hydrogens is 316 g/mol. The Morgan fingerprint density at radius 3 is 3.00 bits per heavy atom. The molecule has 1 amide bonds. The summed E-state index contributed by atoms with van der Waals surface area (Å²) in [6.07, 6.45) is 7.00. The number of aromatic nitrogens is 5. The third-order valence-electron chi connectivity index (χ3n) is 3.01. The lowest BCUT2D eigenvalue weighted by molar-refractivity contribution is -0.114. The molecule has 8 nitrogen and oxygen atoms in total. The molecular formula is C14H14N6O2S. The van der Waals surface area contributed by atoms with Crippen molar-refractivity contribution in [2.75, 3.05) is 5.32 Å². The lowest BCUT2D eigenvalue weighted by Crippen LogP contribution is -2.04. The number of nitrogens with zero attached hydrogens (tertiary/aromatic N) is 5. The van der Waals surface area contributed by atoms with Crippen LogP contribution in [0.25, 0.3) is 5.82 Å². The molecule has 3 aromatic rings. The minimum atomic E-state index is -0.192. The monoisotopic (exact) mass is 330 g/mol. The van der Waals surface area contributed by atoms with Gasteiger partial charge in [-0.2, -0.15) is 0 Å². The number of anilines is 1. The molecule has 0 aliphatic rings. The lowest BCUT2D eigenvalue weighted by Gasteiger charge is -2.08. The molecule has 118 valence electrons. The van der Waals surface area contributed by atoms with E-state index in [0.29, 0.717) is 16.9 Å². The number of amides is 1. The first-order valence-corrected chi connectivity index (χ1v) is 7.61. The summed E-state index contributed by atoms with van der Waals surface area (Å²) in [5.74, 6) is 0.607. The first-order chi connectivity index (χ1) is 11.1. The summed E-state index contributed by atoms with van der Waals surface area (Å²) >= 11 is 1.18. The average molecular weight is 330 g/mol. The van der Waals surface area contributed by atoms with Crippen molar-refractivity contribution in [3.05, 3.63) is 42.1 Å². The van der Waals surface area contributed by atoms with E-state index < -0.39 is 0 Å². The van der Waals surface area contributed by atoms with E-state index in [-0.39, 0.29) is 5.91 Å². The molecule has 0 bridgehead atoms. The van der Waals surface area contributed by atoms with Gasteiger partial charge >= 0.3 is 0 Å². The molecule has 0 aromatic carbocycles. The molecule has 9 heteroatoms. The molecule has 0 spiro atoms. The van der Waals surface area contributed by atoms with Crippen LogP contribution < -0.4 is 10.1 Å². The third kappa shape index (κ3) is 3.69. The summed E-state index contributed by atoms with van der Waals surface area (Å²) in [5.41, 5.74) is 2.00. The van der Waals surface area contributed by atoms with Gasteiger partial charge in [-0.05, 0) is 29.9 Å². The second-order valence-corrected chi connectivity index (χ2v) is 5.72. The second-order valence-electron chi connectivity index (χ2n) is 4.78. The van der Waals surface area contributed by atoms with E-state index >= 15 is 0 Å². The lowest BCUT2D eigenvalue weighted by atomic mass is 10.2. The van der Waals surface area contributed by atoms with Gasteiger partial charge in [-0.3, -0.25) is 9.36 Å². The Balaban J connectivity index is 1.66. The Morgan fingerprint density at radius 2 is 2.30 bits per heavy atom. The Kier molecular flexibility index (Phi) is 4.29. The van der Waals surface area contributed by atoms with Crippen LogP contribution in [0.1, 0.15) is 18.1 Å². The van der Waals surface area contributed by atoms with Crippen LogP contribution in [0.2, 0.25) is 0 Å². The Hall–Kier alpha value is -2.81. The Morgan fingerprint density at radius 1 is 1.43 bits per heavy atom. The van der Waals surface area contributed by atoms with Crippen LogP contribution in [-0.2, 0) is 11.4 Å². The zero-order valence-corrected chi connectivity index (χ0v) is 13.4. The van der Waals surface area contributed by atoms with Crippen molar-refractivity contribution in [2.24, 2.45) is 0 Å². The van der Waals surface area contributed by atoms with Crippen LogP contribution in [0.5, 0.6) is 5.19 Å². The van der Waals surface area contributed by atoms with Gasteiger partial charge in [-0.1, -0.05) is 5.10 Å². The van der Waals surface area contributed by atoms with Gasteiger partial charge in [0.05, 0.1) is 0 Å². The van der Waals surface area contributed by atoms with Crippen LogP contribution in [0.3, 0.4) is 0 Å². The van der Waals surface area contributed by atoms with E-state index in [1.807, 2.05) is 23.8 Å². The highest BCUT2D eigenvalue weighted by Crippen LogP contribution is 2.23. The predicted molar refractivity (Wildman–Crippen MR) is 84.6 cm³/mol. The molecule has 3 heterocycles. The molecule has 0 unspecified atom stereocenters. The summed E-state index contributed by atoms with van der Waals surface area (Å²) in [6, 6.07) is 1.96. The summed E-state index contributed by atoms with van der Waals surface area (Å²) in [5, 5.41) is 11.1. The molecule has 3 rings (SSSR count). The van der Waals surface area contributed by atoms with Crippen molar-refractivity contribution < 1.29 is 9.53 Å². The molecule has 0 fully saturated rings. The maximum absolute atomic E-state index is 10.9. The zero-order chi connectivity index (χ0) is 16.2. The van der Waals surface area contributed by atoms with Gasteiger partial charge in [0, 0.05) is 31.1 Å². The molecule has 0 saturated heterocycles. The molecule has 23 heavy (non-hydrogen) atoms. The number of nitrogens with one attached hydrogen (secondary N) is 1.